The van der Waals surface area contributed by atoms with E-state index < -0.39 is 25.7 Å². The highest BCUT2D eigenvalue weighted by Gasteiger charge is 2.30. The molecular formula is C13H19O8P. The first kappa shape index (κ1) is 18.4. The number of hydrogen-bond acceptors (Lipinski definition) is 8. The van der Waals surface area contributed by atoms with Gasteiger partial charge in [-0.2, -0.15) is 0 Å². The number of carbonyl (C=O) groups is 2. The number of ether oxygens (including phenoxy) is 2. The number of rotatable bonds is 9. The van der Waals surface area contributed by atoms with Crippen LogP contribution in [0.25, 0.3) is 0 Å². The third-order valence-corrected chi connectivity index (χ3v) is 4.25. The maximum absolute atomic E-state index is 12.2. The van der Waals surface area contributed by atoms with Crippen LogP contribution in [0.3, 0.4) is 0 Å². The minimum Gasteiger partial charge on any atom is -0.462 e. The molecule has 0 amide bonds. The van der Waals surface area contributed by atoms with E-state index in [9.17, 15) is 14.2 Å². The molecule has 1 aromatic rings. The van der Waals surface area contributed by atoms with Gasteiger partial charge in [0.25, 0.3) is 0 Å². The van der Waals surface area contributed by atoms with Crippen molar-refractivity contribution in [3.63, 3.8) is 0 Å². The molecule has 9 heteroatoms. The average molecular weight is 334 g/mol. The number of hydrogen-bond donors (Lipinski definition) is 0. The Morgan fingerprint density at radius 1 is 1.14 bits per heavy atom. The first-order chi connectivity index (χ1) is 10.5. The monoisotopic (exact) mass is 334 g/mol. The van der Waals surface area contributed by atoms with Crippen molar-refractivity contribution in [2.45, 2.75) is 20.8 Å². The summed E-state index contributed by atoms with van der Waals surface area (Å²) in [5.41, 5.74) is -0.0298. The predicted octanol–water partition coefficient (Wildman–Crippen LogP) is 2.63. The van der Waals surface area contributed by atoms with Gasteiger partial charge >= 0.3 is 25.5 Å². The molecule has 0 aliphatic heterocycles. The zero-order valence-electron chi connectivity index (χ0n) is 12.7. The lowest BCUT2D eigenvalue weighted by Gasteiger charge is -2.15. The largest absolute Gasteiger partial charge is 0.462 e. The van der Waals surface area contributed by atoms with Crippen LogP contribution >= 0.6 is 7.60 Å². The molecule has 0 spiro atoms. The summed E-state index contributed by atoms with van der Waals surface area (Å²) in [6.45, 7) is 5.31. The molecule has 1 aromatic heterocycles. The Bertz CT molecular complexity index is 540. The van der Waals surface area contributed by atoms with Gasteiger partial charge in [-0.3, -0.25) is 9.36 Å². The minimum absolute atomic E-state index is 0.0298. The molecule has 0 atom stereocenters. The molecule has 0 N–H and O–H groups in total. The second kappa shape index (κ2) is 8.73. The van der Waals surface area contributed by atoms with Crippen molar-refractivity contribution in [3.8, 4) is 5.95 Å². The summed E-state index contributed by atoms with van der Waals surface area (Å²) in [6, 6.07) is 1.31. The molecule has 0 saturated heterocycles. The van der Waals surface area contributed by atoms with Crippen LogP contribution in [0.15, 0.2) is 16.7 Å². The van der Waals surface area contributed by atoms with E-state index in [4.69, 9.17) is 22.9 Å². The van der Waals surface area contributed by atoms with Crippen LogP contribution in [0.1, 0.15) is 31.1 Å². The van der Waals surface area contributed by atoms with Crippen LogP contribution in [0.5, 0.6) is 5.95 Å². The van der Waals surface area contributed by atoms with Gasteiger partial charge < -0.3 is 22.9 Å². The minimum atomic E-state index is -3.58. The molecular weight excluding hydrogens is 315 g/mol. The van der Waals surface area contributed by atoms with Crippen LogP contribution in [0.2, 0.25) is 0 Å². The summed E-state index contributed by atoms with van der Waals surface area (Å²) in [7, 11) is -3.58. The van der Waals surface area contributed by atoms with E-state index >= 15 is 0 Å². The third-order valence-electron chi connectivity index (χ3n) is 2.31. The second-order valence-corrected chi connectivity index (χ2v) is 5.98. The first-order valence-electron chi connectivity index (χ1n) is 6.79. The van der Waals surface area contributed by atoms with E-state index in [1.165, 1.54) is 12.3 Å². The fraction of sp³-hybridized carbons (Fsp3) is 0.538. The predicted molar refractivity (Wildman–Crippen MR) is 76.0 cm³/mol. The number of esters is 2. The molecule has 1 heterocycles. The second-order valence-electron chi connectivity index (χ2n) is 3.92. The van der Waals surface area contributed by atoms with E-state index in [0.717, 1.165) is 0 Å². The van der Waals surface area contributed by atoms with Crippen molar-refractivity contribution in [1.82, 2.24) is 0 Å². The third kappa shape index (κ3) is 5.29. The van der Waals surface area contributed by atoms with Gasteiger partial charge in [0.15, 0.2) is 0 Å². The molecule has 0 unspecified atom stereocenters. The Morgan fingerprint density at radius 2 is 1.77 bits per heavy atom. The van der Waals surface area contributed by atoms with Crippen LogP contribution in [-0.2, 0) is 23.1 Å². The standard InChI is InChI=1S/C13H19O8P/c1-4-17-12(15)10-7-8-18-13(10)21-11(14)9-22(16,19-5-2)20-6-3/h7-8H,4-6,9H2,1-3H3. The fourth-order valence-corrected chi connectivity index (χ4v) is 2.98. The molecule has 0 saturated carbocycles. The van der Waals surface area contributed by atoms with Gasteiger partial charge in [0.2, 0.25) is 0 Å². The van der Waals surface area contributed by atoms with Crippen molar-refractivity contribution in [1.29, 1.82) is 0 Å². The molecule has 0 aromatic carbocycles. The lowest BCUT2D eigenvalue weighted by molar-refractivity contribution is -0.133. The molecule has 1 rings (SSSR count). The van der Waals surface area contributed by atoms with Gasteiger partial charge in [-0.15, -0.1) is 0 Å². The Labute approximate surface area is 128 Å². The highest BCUT2D eigenvalue weighted by Crippen LogP contribution is 2.47. The van der Waals surface area contributed by atoms with E-state index in [1.54, 1.807) is 20.8 Å². The zero-order valence-corrected chi connectivity index (χ0v) is 13.6. The molecule has 0 aliphatic carbocycles. The van der Waals surface area contributed by atoms with E-state index in [1.807, 2.05) is 0 Å². The molecule has 0 aliphatic rings. The summed E-state index contributed by atoms with van der Waals surface area (Å²) in [4.78, 5) is 23.5. The van der Waals surface area contributed by atoms with Gasteiger partial charge in [0, 0.05) is 0 Å². The van der Waals surface area contributed by atoms with E-state index in [0.29, 0.717) is 0 Å². The Hall–Kier alpha value is -1.63. The molecule has 0 bridgehead atoms. The zero-order chi connectivity index (χ0) is 16.6. The lowest BCUT2D eigenvalue weighted by Crippen LogP contribution is -2.17. The molecule has 0 radical (unpaired) electrons. The van der Waals surface area contributed by atoms with Crippen molar-refractivity contribution < 1.29 is 37.1 Å². The normalized spacial score (nSPS) is 11.2. The van der Waals surface area contributed by atoms with Crippen LogP contribution in [-0.4, -0.2) is 37.9 Å². The Kier molecular flexibility index (Phi) is 7.31. The maximum Gasteiger partial charge on any atom is 0.345 e. The van der Waals surface area contributed by atoms with Crippen LogP contribution in [0, 0.1) is 0 Å². The summed E-state index contributed by atoms with van der Waals surface area (Å²) in [6.07, 6.45) is 0.594. The van der Waals surface area contributed by atoms with Crippen LogP contribution < -0.4 is 4.74 Å². The smallest absolute Gasteiger partial charge is 0.345 e. The Morgan fingerprint density at radius 3 is 2.32 bits per heavy atom. The summed E-state index contributed by atoms with van der Waals surface area (Å²) in [5, 5.41) is 0. The highest BCUT2D eigenvalue weighted by molar-refractivity contribution is 7.54. The summed E-state index contributed by atoms with van der Waals surface area (Å²) < 4.78 is 36.8. The maximum atomic E-state index is 12.2. The molecule has 124 valence electrons. The van der Waals surface area contributed by atoms with Gasteiger partial charge in [0.05, 0.1) is 26.1 Å². The summed E-state index contributed by atoms with van der Waals surface area (Å²) >= 11 is 0. The topological polar surface area (TPSA) is 101 Å². The lowest BCUT2D eigenvalue weighted by atomic mass is 10.3. The van der Waals surface area contributed by atoms with Gasteiger partial charge in [-0.25, -0.2) is 4.79 Å². The fourth-order valence-electron chi connectivity index (χ4n) is 1.55. The molecule has 22 heavy (non-hydrogen) atoms. The van der Waals surface area contributed by atoms with Crippen molar-refractivity contribution in [2.24, 2.45) is 0 Å². The SMILES string of the molecule is CCOC(=O)c1ccoc1OC(=O)CP(=O)(OCC)OCC. The molecule has 8 nitrogen and oxygen atoms in total. The van der Waals surface area contributed by atoms with E-state index in [2.05, 4.69) is 0 Å². The van der Waals surface area contributed by atoms with Gasteiger partial charge in [0.1, 0.15) is 11.7 Å². The van der Waals surface area contributed by atoms with Crippen molar-refractivity contribution in [2.75, 3.05) is 26.0 Å². The van der Waals surface area contributed by atoms with Gasteiger partial charge in [-0.05, 0) is 26.8 Å². The molecule has 0 fully saturated rings. The summed E-state index contributed by atoms with van der Waals surface area (Å²) in [5.74, 6) is -1.90. The Balaban J connectivity index is 2.75. The van der Waals surface area contributed by atoms with Crippen molar-refractivity contribution in [3.05, 3.63) is 17.9 Å². The average Bonchev–Trinajstić information content (AvgIpc) is 2.87. The van der Waals surface area contributed by atoms with Crippen molar-refractivity contribution >= 4 is 19.5 Å². The van der Waals surface area contributed by atoms with E-state index in [-0.39, 0.29) is 31.3 Å². The first-order valence-corrected chi connectivity index (χ1v) is 8.52. The highest BCUT2D eigenvalue weighted by atomic mass is 31.2. The quantitative estimate of drug-likeness (QED) is 0.502. The van der Waals surface area contributed by atoms with Gasteiger partial charge in [-0.1, -0.05) is 0 Å². The van der Waals surface area contributed by atoms with Crippen LogP contribution in [0.4, 0.5) is 0 Å². The number of carbonyl (C=O) groups excluding carboxylic acids is 2. The number of furan rings is 1.